The maximum absolute atomic E-state index is 3.73. The van der Waals surface area contributed by atoms with Crippen LogP contribution in [0.5, 0.6) is 0 Å². The molecule has 2 rings (SSSR count). The Bertz CT molecular complexity index is 259. The summed E-state index contributed by atoms with van der Waals surface area (Å²) in [7, 11) is 2.25. The van der Waals surface area contributed by atoms with Gasteiger partial charge in [-0.25, -0.2) is 0 Å². The molecule has 0 amide bonds. The average Bonchev–Trinajstić information content (AvgIpc) is 2.53. The van der Waals surface area contributed by atoms with Crippen LogP contribution in [0, 0.1) is 11.3 Å². The Hall–Kier alpha value is -0.120. The van der Waals surface area contributed by atoms with Gasteiger partial charge in [-0.1, -0.05) is 20.8 Å². The number of likely N-dealkylation sites (tertiary alicyclic amines) is 1. The van der Waals surface area contributed by atoms with Gasteiger partial charge in [-0.15, -0.1) is 0 Å². The first-order valence-electron chi connectivity index (χ1n) is 7.59. The van der Waals surface area contributed by atoms with Gasteiger partial charge in [-0.3, -0.25) is 0 Å². The zero-order valence-corrected chi connectivity index (χ0v) is 12.7. The lowest BCUT2D eigenvalue weighted by atomic mass is 9.86. The first-order valence-corrected chi connectivity index (χ1v) is 7.59. The van der Waals surface area contributed by atoms with E-state index in [9.17, 15) is 0 Å². The molecule has 3 nitrogen and oxygen atoms in total. The van der Waals surface area contributed by atoms with Gasteiger partial charge < -0.3 is 15.1 Å². The lowest BCUT2D eigenvalue weighted by molar-refractivity contribution is 0.178. The second-order valence-corrected chi connectivity index (χ2v) is 7.40. The molecule has 0 saturated carbocycles. The van der Waals surface area contributed by atoms with Crippen LogP contribution < -0.4 is 5.32 Å². The van der Waals surface area contributed by atoms with E-state index < -0.39 is 0 Å². The summed E-state index contributed by atoms with van der Waals surface area (Å²) in [5.41, 5.74) is 0.370. The van der Waals surface area contributed by atoms with Crippen LogP contribution in [-0.2, 0) is 0 Å². The van der Waals surface area contributed by atoms with Crippen molar-refractivity contribution in [3.05, 3.63) is 0 Å². The van der Waals surface area contributed by atoms with E-state index in [0.717, 1.165) is 5.92 Å². The number of rotatable bonds is 2. The van der Waals surface area contributed by atoms with E-state index in [1.165, 1.54) is 52.1 Å². The van der Waals surface area contributed by atoms with Gasteiger partial charge in [0.05, 0.1) is 0 Å². The molecular weight excluding hydrogens is 222 g/mol. The fourth-order valence-corrected chi connectivity index (χ4v) is 3.28. The van der Waals surface area contributed by atoms with E-state index in [4.69, 9.17) is 0 Å². The first-order chi connectivity index (χ1) is 8.45. The Kier molecular flexibility index (Phi) is 4.68. The van der Waals surface area contributed by atoms with Crippen molar-refractivity contribution < 1.29 is 0 Å². The van der Waals surface area contributed by atoms with Crippen molar-refractivity contribution in [1.29, 1.82) is 0 Å². The zero-order chi connectivity index (χ0) is 13.2. The molecule has 106 valence electrons. The summed E-state index contributed by atoms with van der Waals surface area (Å²) in [6.07, 6.45) is 2.69. The van der Waals surface area contributed by atoms with Crippen LogP contribution in [0.15, 0.2) is 0 Å². The molecule has 0 spiro atoms. The maximum atomic E-state index is 3.73. The summed E-state index contributed by atoms with van der Waals surface area (Å²) < 4.78 is 0. The summed E-state index contributed by atoms with van der Waals surface area (Å²) in [5, 5.41) is 3.73. The Morgan fingerprint density at radius 1 is 1.17 bits per heavy atom. The molecule has 18 heavy (non-hydrogen) atoms. The third kappa shape index (κ3) is 3.94. The van der Waals surface area contributed by atoms with Gasteiger partial charge >= 0.3 is 0 Å². The molecule has 0 aliphatic carbocycles. The van der Waals surface area contributed by atoms with Crippen molar-refractivity contribution in [1.82, 2.24) is 15.1 Å². The molecule has 3 heteroatoms. The summed E-state index contributed by atoms with van der Waals surface area (Å²) in [6, 6.07) is 0.638. The normalized spacial score (nSPS) is 32.7. The van der Waals surface area contributed by atoms with Crippen molar-refractivity contribution in [3.63, 3.8) is 0 Å². The van der Waals surface area contributed by atoms with Crippen molar-refractivity contribution in [2.24, 2.45) is 11.3 Å². The molecule has 0 bridgehead atoms. The molecule has 0 aromatic rings. The molecule has 2 heterocycles. The highest BCUT2D eigenvalue weighted by Gasteiger charge is 2.29. The minimum atomic E-state index is 0.370. The van der Waals surface area contributed by atoms with Gasteiger partial charge in [0.2, 0.25) is 0 Å². The van der Waals surface area contributed by atoms with Gasteiger partial charge in [0.15, 0.2) is 0 Å². The molecular formula is C15H31N3. The topological polar surface area (TPSA) is 18.5 Å². The van der Waals surface area contributed by atoms with Crippen molar-refractivity contribution in [2.75, 3.05) is 46.3 Å². The minimum absolute atomic E-state index is 0.370. The largest absolute Gasteiger partial charge is 0.312 e. The lowest BCUT2D eigenvalue weighted by Gasteiger charge is -2.34. The maximum Gasteiger partial charge on any atom is 0.0243 e. The van der Waals surface area contributed by atoms with Crippen molar-refractivity contribution in [2.45, 2.75) is 39.7 Å². The Morgan fingerprint density at radius 3 is 2.56 bits per heavy atom. The standard InChI is InChI=1S/C15H31N3/c1-15(2,3)14-12-18(8-5-7-16-14)11-13-6-9-17(4)10-13/h13-14,16H,5-12H2,1-4H3. The second-order valence-electron chi connectivity index (χ2n) is 7.40. The number of hydrogen-bond acceptors (Lipinski definition) is 3. The summed E-state index contributed by atoms with van der Waals surface area (Å²) in [4.78, 5) is 5.18. The third-order valence-corrected chi connectivity index (χ3v) is 4.53. The van der Waals surface area contributed by atoms with Gasteiger partial charge in [0.25, 0.3) is 0 Å². The fraction of sp³-hybridized carbons (Fsp3) is 1.00. The van der Waals surface area contributed by atoms with Crippen LogP contribution in [0.25, 0.3) is 0 Å². The predicted molar refractivity (Wildman–Crippen MR) is 77.9 cm³/mol. The smallest absolute Gasteiger partial charge is 0.0243 e. The van der Waals surface area contributed by atoms with E-state index in [1.54, 1.807) is 0 Å². The molecule has 2 aliphatic heterocycles. The fourth-order valence-electron chi connectivity index (χ4n) is 3.28. The highest BCUT2D eigenvalue weighted by Crippen LogP contribution is 2.23. The van der Waals surface area contributed by atoms with Gasteiger partial charge in [0.1, 0.15) is 0 Å². The van der Waals surface area contributed by atoms with Gasteiger partial charge in [0, 0.05) is 25.7 Å². The first kappa shape index (κ1) is 14.3. The molecule has 1 N–H and O–H groups in total. The third-order valence-electron chi connectivity index (χ3n) is 4.53. The summed E-state index contributed by atoms with van der Waals surface area (Å²) in [5.74, 6) is 0.897. The summed E-state index contributed by atoms with van der Waals surface area (Å²) in [6.45, 7) is 14.7. The van der Waals surface area contributed by atoms with Crippen LogP contribution >= 0.6 is 0 Å². The zero-order valence-electron chi connectivity index (χ0n) is 12.7. The highest BCUT2D eigenvalue weighted by molar-refractivity contribution is 4.87. The quantitative estimate of drug-likeness (QED) is 0.807. The SMILES string of the molecule is CN1CCC(CN2CCCNC(C(C)(C)C)C2)C1. The second kappa shape index (κ2) is 5.89. The lowest BCUT2D eigenvalue weighted by Crippen LogP contribution is -2.47. The van der Waals surface area contributed by atoms with Gasteiger partial charge in [-0.05, 0) is 50.9 Å². The van der Waals surface area contributed by atoms with E-state index in [-0.39, 0.29) is 0 Å². The van der Waals surface area contributed by atoms with Gasteiger partial charge in [-0.2, -0.15) is 0 Å². The molecule has 0 aromatic heterocycles. The molecule has 2 atom stereocenters. The van der Waals surface area contributed by atoms with E-state index in [1.807, 2.05) is 0 Å². The molecule has 2 unspecified atom stereocenters. The average molecular weight is 253 g/mol. The monoisotopic (exact) mass is 253 g/mol. The van der Waals surface area contributed by atoms with Crippen LogP contribution in [0.2, 0.25) is 0 Å². The summed E-state index contributed by atoms with van der Waals surface area (Å²) >= 11 is 0. The van der Waals surface area contributed by atoms with Crippen molar-refractivity contribution in [3.8, 4) is 0 Å². The highest BCUT2D eigenvalue weighted by atomic mass is 15.2. The molecule has 0 aromatic carbocycles. The van der Waals surface area contributed by atoms with E-state index in [2.05, 4.69) is 42.9 Å². The molecule has 2 saturated heterocycles. The van der Waals surface area contributed by atoms with Crippen LogP contribution in [-0.4, -0.2) is 62.2 Å². The van der Waals surface area contributed by atoms with E-state index in [0.29, 0.717) is 11.5 Å². The predicted octanol–water partition coefficient (Wildman–Crippen LogP) is 1.65. The van der Waals surface area contributed by atoms with E-state index >= 15 is 0 Å². The van der Waals surface area contributed by atoms with Crippen LogP contribution in [0.3, 0.4) is 0 Å². The number of hydrogen-bond donors (Lipinski definition) is 1. The Labute approximate surface area is 113 Å². The number of nitrogens with zero attached hydrogens (tertiary/aromatic N) is 2. The van der Waals surface area contributed by atoms with Crippen molar-refractivity contribution >= 4 is 0 Å². The van der Waals surface area contributed by atoms with Crippen LogP contribution in [0.4, 0.5) is 0 Å². The number of nitrogens with one attached hydrogen (secondary N) is 1. The molecule has 0 radical (unpaired) electrons. The molecule has 2 aliphatic rings. The Morgan fingerprint density at radius 2 is 1.94 bits per heavy atom. The minimum Gasteiger partial charge on any atom is -0.312 e. The Balaban J connectivity index is 1.87. The molecule has 2 fully saturated rings. The van der Waals surface area contributed by atoms with Crippen LogP contribution in [0.1, 0.15) is 33.6 Å².